The first-order chi connectivity index (χ1) is 26.7. The van der Waals surface area contributed by atoms with Crippen LogP contribution in [0.15, 0.2) is 64.8 Å². The third-order valence-corrected chi connectivity index (χ3v) is 25.4. The van der Waals surface area contributed by atoms with Crippen LogP contribution in [0, 0.1) is 153 Å². The maximum atomic E-state index is 13.0. The molecular formula is C52H56O2. The lowest BCUT2D eigenvalue weighted by Gasteiger charge is -2.61. The van der Waals surface area contributed by atoms with Gasteiger partial charge >= 0.3 is 5.97 Å². The van der Waals surface area contributed by atoms with Gasteiger partial charge in [0.15, 0.2) is 0 Å². The highest BCUT2D eigenvalue weighted by Gasteiger charge is 3.02. The number of allylic oxidation sites excluding steroid dienone is 6. The molecule has 0 N–H and O–H groups in total. The third-order valence-electron chi connectivity index (χ3n) is 25.4. The second-order valence-corrected chi connectivity index (χ2v) is 23.9. The number of ether oxygens (including phenoxy) is 1. The van der Waals surface area contributed by atoms with Crippen molar-refractivity contribution in [3.63, 3.8) is 0 Å². The van der Waals surface area contributed by atoms with Crippen LogP contribution in [0.5, 0.6) is 0 Å². The Balaban J connectivity index is 0.997. The topological polar surface area (TPSA) is 26.3 Å². The van der Waals surface area contributed by atoms with Crippen molar-refractivity contribution in [1.29, 1.82) is 0 Å². The molecule has 276 valence electrons. The van der Waals surface area contributed by atoms with Gasteiger partial charge in [0.05, 0.1) is 7.11 Å². The lowest BCUT2D eigenvalue weighted by atomic mass is 9.42. The average Bonchev–Trinajstić information content (AvgIpc) is 3.86. The molecule has 0 amide bonds. The highest BCUT2D eigenvalue weighted by Crippen LogP contribution is 3.05. The predicted molar refractivity (Wildman–Crippen MR) is 203 cm³/mol. The number of methoxy groups -OCH3 is 1. The molecule has 18 rings (SSSR count). The Labute approximate surface area is 320 Å². The van der Waals surface area contributed by atoms with Crippen LogP contribution in [0.1, 0.15) is 76.2 Å². The minimum atomic E-state index is 0.0115. The van der Waals surface area contributed by atoms with Crippen LogP contribution in [0.4, 0.5) is 0 Å². The number of hydrogen-bond acceptors (Lipinski definition) is 2. The van der Waals surface area contributed by atoms with E-state index in [4.69, 9.17) is 4.74 Å². The zero-order valence-corrected chi connectivity index (χ0v) is 32.0. The number of rotatable bonds is 5. The molecule has 0 bridgehead atoms. The van der Waals surface area contributed by atoms with Crippen molar-refractivity contribution >= 4 is 5.97 Å². The first kappa shape index (κ1) is 28.3. The van der Waals surface area contributed by atoms with Crippen molar-refractivity contribution in [3.05, 3.63) is 70.3 Å². The second-order valence-electron chi connectivity index (χ2n) is 23.9. The highest BCUT2D eigenvalue weighted by molar-refractivity contribution is 5.76. The van der Waals surface area contributed by atoms with Gasteiger partial charge in [0.25, 0.3) is 0 Å². The van der Waals surface area contributed by atoms with Crippen molar-refractivity contribution in [2.24, 2.45) is 153 Å². The number of carbonyl (C=O) groups excluding carboxylic acids is 1. The van der Waals surface area contributed by atoms with E-state index in [2.05, 4.69) is 42.5 Å². The summed E-state index contributed by atoms with van der Waals surface area (Å²) in [6, 6.07) is 12.4. The molecule has 0 heterocycles. The van der Waals surface area contributed by atoms with Gasteiger partial charge in [-0.25, -0.2) is 0 Å². The van der Waals surface area contributed by atoms with Crippen LogP contribution in [0.25, 0.3) is 0 Å². The molecule has 14 fully saturated rings. The van der Waals surface area contributed by atoms with Crippen molar-refractivity contribution in [3.8, 4) is 0 Å². The van der Waals surface area contributed by atoms with E-state index in [1.807, 2.05) is 22.3 Å². The van der Waals surface area contributed by atoms with Crippen molar-refractivity contribution in [2.75, 3.05) is 7.11 Å². The minimum Gasteiger partial charge on any atom is -0.469 e. The summed E-state index contributed by atoms with van der Waals surface area (Å²) in [6.45, 7) is 0. The number of carbonyl (C=O) groups is 1. The summed E-state index contributed by atoms with van der Waals surface area (Å²) in [4.78, 5) is 13.0. The molecule has 2 heteroatoms. The molecule has 24 atom stereocenters. The summed E-state index contributed by atoms with van der Waals surface area (Å²) in [5.41, 5.74) is 10.3. The summed E-state index contributed by atoms with van der Waals surface area (Å²) < 4.78 is 5.39. The highest BCUT2D eigenvalue weighted by atomic mass is 16.5. The fourth-order valence-electron chi connectivity index (χ4n) is 27.0. The summed E-state index contributed by atoms with van der Waals surface area (Å²) in [6.07, 6.45) is 21.0. The molecule has 0 aromatic heterocycles. The average molecular weight is 713 g/mol. The normalized spacial score (nSPS) is 67.8. The van der Waals surface area contributed by atoms with E-state index in [1.54, 1.807) is 38.4 Å². The number of esters is 1. The zero-order valence-electron chi connectivity index (χ0n) is 32.0. The molecule has 24 unspecified atom stereocenters. The van der Waals surface area contributed by atoms with Crippen LogP contribution in [0.2, 0.25) is 0 Å². The number of fused-ring (bicyclic) bond motifs is 3. The van der Waals surface area contributed by atoms with Gasteiger partial charge < -0.3 is 4.74 Å². The van der Waals surface area contributed by atoms with Crippen LogP contribution >= 0.6 is 0 Å². The van der Waals surface area contributed by atoms with E-state index < -0.39 is 0 Å². The molecule has 14 saturated carbocycles. The predicted octanol–water partition coefficient (Wildman–Crippen LogP) is 9.53. The van der Waals surface area contributed by atoms with Crippen LogP contribution < -0.4 is 0 Å². The largest absolute Gasteiger partial charge is 0.469 e. The molecule has 2 nitrogen and oxygen atoms in total. The van der Waals surface area contributed by atoms with Gasteiger partial charge in [-0.15, -0.1) is 0 Å². The molecular weight excluding hydrogens is 657 g/mol. The van der Waals surface area contributed by atoms with Crippen molar-refractivity contribution in [1.82, 2.24) is 0 Å². The van der Waals surface area contributed by atoms with Gasteiger partial charge in [0.2, 0.25) is 0 Å². The summed E-state index contributed by atoms with van der Waals surface area (Å²) in [7, 11) is 1.62. The van der Waals surface area contributed by atoms with E-state index in [1.165, 1.54) is 32.1 Å². The summed E-state index contributed by atoms with van der Waals surface area (Å²) >= 11 is 0. The van der Waals surface area contributed by atoms with Gasteiger partial charge in [0, 0.05) is 22.7 Å². The standard InChI is InChI=1S/C52H56O2/c1-54-31(53)8-5-19-50(20-6-3-2-4-7-20)51-29-17-18-30-28-16-14-26-24-12-10-22-21-9-11-23-25-13-15-27(29)38-36(25)41-34(23)32(21)40-33(22)35(24)42-37(26)39(28)49(52(30,50)51)47-45(42)43(40)44(41)46(47)48(38)51/h2-4,6-7,17-18,21-26,32-49H,5,8-16,19H2,1H3. The molecule has 0 radical (unpaired) electrons. The molecule has 1 aromatic rings. The lowest BCUT2D eigenvalue weighted by molar-refractivity contribution is -0.143. The second kappa shape index (κ2) is 8.13. The van der Waals surface area contributed by atoms with E-state index in [0.717, 1.165) is 148 Å². The molecule has 0 saturated heterocycles. The van der Waals surface area contributed by atoms with Crippen LogP contribution in [-0.2, 0) is 14.9 Å². The fourth-order valence-corrected chi connectivity index (χ4v) is 27.0. The number of benzene rings is 1. The first-order valence-corrected chi connectivity index (χ1v) is 24.0. The smallest absolute Gasteiger partial charge is 0.305 e. The Morgan fingerprint density at radius 1 is 0.574 bits per heavy atom. The first-order valence-electron chi connectivity index (χ1n) is 24.0. The zero-order chi connectivity index (χ0) is 34.3. The summed E-state index contributed by atoms with van der Waals surface area (Å²) in [5.74, 6) is 25.0. The molecule has 0 aliphatic heterocycles. The minimum absolute atomic E-state index is 0.0115. The monoisotopic (exact) mass is 712 g/mol. The maximum Gasteiger partial charge on any atom is 0.305 e. The molecule has 2 spiro atoms. The van der Waals surface area contributed by atoms with Crippen molar-refractivity contribution in [2.45, 2.75) is 76.0 Å². The van der Waals surface area contributed by atoms with Gasteiger partial charge in [-0.2, -0.15) is 0 Å². The van der Waals surface area contributed by atoms with Crippen LogP contribution in [-0.4, -0.2) is 13.1 Å². The van der Waals surface area contributed by atoms with E-state index in [9.17, 15) is 4.79 Å². The third kappa shape index (κ3) is 2.16. The maximum absolute atomic E-state index is 13.0. The Morgan fingerprint density at radius 2 is 1.02 bits per heavy atom. The van der Waals surface area contributed by atoms with E-state index >= 15 is 0 Å². The Kier molecular flexibility index (Phi) is 4.26. The van der Waals surface area contributed by atoms with Gasteiger partial charge in [-0.1, -0.05) is 53.6 Å². The lowest BCUT2D eigenvalue weighted by Crippen LogP contribution is -2.58. The van der Waals surface area contributed by atoms with Crippen LogP contribution in [0.3, 0.4) is 0 Å². The van der Waals surface area contributed by atoms with E-state index in [0.29, 0.717) is 6.42 Å². The quantitative estimate of drug-likeness (QED) is 0.285. The van der Waals surface area contributed by atoms with Gasteiger partial charge in [-0.05, 0) is 223 Å². The SMILES string of the molecule is COC(=O)CCCC1(c2ccccc2)C23C4=C5CCC6C7CCC8C9CCC%10C%11CCC%12=C(C=C4)C12C1C%12C%11C2C%10C9C4C8C7C7C6C5C3C3C7C4C2C31. The van der Waals surface area contributed by atoms with Gasteiger partial charge in [-0.3, -0.25) is 4.79 Å². The molecule has 17 aliphatic rings. The molecule has 1 aromatic carbocycles. The Morgan fingerprint density at radius 3 is 1.52 bits per heavy atom. The fraction of sp³-hybridized carbons (Fsp3) is 0.750. The molecule has 17 aliphatic carbocycles. The van der Waals surface area contributed by atoms with Crippen molar-refractivity contribution < 1.29 is 9.53 Å². The summed E-state index contributed by atoms with van der Waals surface area (Å²) in [5, 5.41) is 0. The number of hydrogen-bond donors (Lipinski definition) is 0. The molecule has 54 heavy (non-hydrogen) atoms. The Hall–Kier alpha value is -2.09. The van der Waals surface area contributed by atoms with E-state index in [-0.39, 0.29) is 22.2 Å². The Bertz CT molecular complexity index is 2070. The van der Waals surface area contributed by atoms with Gasteiger partial charge in [0.1, 0.15) is 0 Å².